The highest BCUT2D eigenvalue weighted by molar-refractivity contribution is 5.93. The number of nitrogens with zero attached hydrogens (tertiary/aromatic N) is 2. The summed E-state index contributed by atoms with van der Waals surface area (Å²) >= 11 is 0. The van der Waals surface area contributed by atoms with Crippen molar-refractivity contribution in [2.45, 2.75) is 68.1 Å². The van der Waals surface area contributed by atoms with Crippen LogP contribution in [-0.2, 0) is 23.8 Å². The second-order valence-corrected chi connectivity index (χ2v) is 9.33. The van der Waals surface area contributed by atoms with Crippen molar-refractivity contribution in [1.82, 2.24) is 14.5 Å². The number of allylic oxidation sites excluding steroid dienone is 1. The van der Waals surface area contributed by atoms with Crippen LogP contribution in [0, 0.1) is 5.92 Å². The number of likely N-dealkylation sites (N-methyl/N-ethyl adjacent to an activating group) is 1. The summed E-state index contributed by atoms with van der Waals surface area (Å²) in [5, 5.41) is 51.9. The highest BCUT2D eigenvalue weighted by Crippen LogP contribution is 2.38. The van der Waals surface area contributed by atoms with Crippen LogP contribution < -0.4 is 17.0 Å². The van der Waals surface area contributed by atoms with Crippen molar-refractivity contribution in [3.05, 3.63) is 44.9 Å². The van der Waals surface area contributed by atoms with Crippen molar-refractivity contribution in [3.63, 3.8) is 0 Å². The predicted molar refractivity (Wildman–Crippen MR) is 123 cm³/mol. The zero-order chi connectivity index (χ0) is 27.9. The summed E-state index contributed by atoms with van der Waals surface area (Å²) < 4.78 is 18.1. The lowest BCUT2D eigenvalue weighted by atomic mass is 9.89. The number of aliphatic carboxylic acids is 1. The van der Waals surface area contributed by atoms with Crippen LogP contribution in [0.2, 0.25) is 0 Å². The van der Waals surface area contributed by atoms with Gasteiger partial charge >= 0.3 is 11.7 Å². The molecule has 1 amide bonds. The van der Waals surface area contributed by atoms with E-state index in [1.807, 2.05) is 4.98 Å². The third-order valence-corrected chi connectivity index (χ3v) is 7.01. The van der Waals surface area contributed by atoms with E-state index in [0.29, 0.717) is 0 Å². The number of nitrogens with two attached hydrogens (primary N) is 1. The molecule has 0 radical (unpaired) electrons. The number of amides is 1. The molecule has 3 aliphatic rings. The minimum atomic E-state index is -1.74. The SMILES string of the molecule is CN1C(=O)[C@H]([C@H](OC2OC(CN)C(O)C2O)C2OC(n3ccc(=O)[nH]c3=O)C(O)C2O)CCC=C1C(=O)O. The summed E-state index contributed by atoms with van der Waals surface area (Å²) in [6.07, 6.45) is -11.0. The molecule has 0 bridgehead atoms. The van der Waals surface area contributed by atoms with Gasteiger partial charge in [0.25, 0.3) is 5.56 Å². The van der Waals surface area contributed by atoms with Crippen LogP contribution in [0.25, 0.3) is 0 Å². The van der Waals surface area contributed by atoms with E-state index in [2.05, 4.69) is 0 Å². The van der Waals surface area contributed by atoms with Crippen molar-refractivity contribution in [1.29, 1.82) is 0 Å². The van der Waals surface area contributed by atoms with Gasteiger partial charge in [0.2, 0.25) is 5.91 Å². The third kappa shape index (κ3) is 5.04. The van der Waals surface area contributed by atoms with E-state index in [1.165, 1.54) is 13.1 Å². The summed E-state index contributed by atoms with van der Waals surface area (Å²) in [6.45, 7) is -0.168. The van der Waals surface area contributed by atoms with Gasteiger partial charge in [-0.3, -0.25) is 19.1 Å². The average molecular weight is 542 g/mol. The summed E-state index contributed by atoms with van der Waals surface area (Å²) in [5.74, 6) is -3.25. The number of aliphatic hydroxyl groups is 4. The number of nitrogens with one attached hydrogen (secondary N) is 1. The molecular formula is C22H30N4O12. The van der Waals surface area contributed by atoms with Gasteiger partial charge in [0.15, 0.2) is 12.5 Å². The van der Waals surface area contributed by atoms with Crippen molar-refractivity contribution in [2.24, 2.45) is 11.7 Å². The Labute approximate surface area is 214 Å². The summed E-state index contributed by atoms with van der Waals surface area (Å²) in [7, 11) is 1.25. The fourth-order valence-electron chi connectivity index (χ4n) is 4.96. The number of hydrogen-bond donors (Lipinski definition) is 7. The number of rotatable bonds is 7. The Bertz CT molecular complexity index is 1200. The molecule has 16 heteroatoms. The van der Waals surface area contributed by atoms with Crippen molar-refractivity contribution < 1.29 is 49.3 Å². The Morgan fingerprint density at radius 1 is 1.16 bits per heavy atom. The maximum atomic E-state index is 13.4. The molecule has 0 spiro atoms. The molecule has 3 aliphatic heterocycles. The number of aliphatic hydroxyl groups excluding tert-OH is 4. The van der Waals surface area contributed by atoms with Crippen LogP contribution in [0.15, 0.2) is 33.6 Å². The van der Waals surface area contributed by atoms with Gasteiger partial charge in [-0.05, 0) is 12.8 Å². The third-order valence-electron chi connectivity index (χ3n) is 7.01. The molecule has 4 rings (SSSR count). The standard InChI is InChI=1S/C22H30N4O12/c1-25-9(20(33)34)4-2-3-8(18(25)32)16(38-21-15(31)12(28)10(7-23)36-21)17-13(29)14(30)19(37-17)26-6-5-11(27)24-22(26)35/h4-6,8,10,12-17,19,21,28-31H,2-3,7,23H2,1H3,(H,33,34)(H,24,27,35)/t8-,10?,12?,13?,14?,15?,16-,17?,19?,21?/m0/s1. The van der Waals surface area contributed by atoms with E-state index in [4.69, 9.17) is 19.9 Å². The summed E-state index contributed by atoms with van der Waals surface area (Å²) in [6, 6.07) is 1.01. The highest BCUT2D eigenvalue weighted by Gasteiger charge is 2.54. The van der Waals surface area contributed by atoms with E-state index in [9.17, 15) is 44.7 Å². The molecule has 8 N–H and O–H groups in total. The van der Waals surface area contributed by atoms with Crippen LogP contribution in [0.5, 0.6) is 0 Å². The molecule has 16 nitrogen and oxygen atoms in total. The lowest BCUT2D eigenvalue weighted by molar-refractivity contribution is -0.232. The Morgan fingerprint density at radius 3 is 2.47 bits per heavy atom. The topological polar surface area (TPSA) is 247 Å². The van der Waals surface area contributed by atoms with Crippen LogP contribution >= 0.6 is 0 Å². The number of hydrogen-bond acceptors (Lipinski definition) is 12. The lowest BCUT2D eigenvalue weighted by Gasteiger charge is -2.35. The van der Waals surface area contributed by atoms with Crippen LogP contribution in [0.4, 0.5) is 0 Å². The largest absolute Gasteiger partial charge is 0.477 e. The minimum Gasteiger partial charge on any atom is -0.477 e. The number of H-pyrrole nitrogens is 1. The Morgan fingerprint density at radius 2 is 1.87 bits per heavy atom. The normalized spacial score (nSPS) is 36.7. The first-order valence-electron chi connectivity index (χ1n) is 11.9. The molecule has 1 aromatic rings. The number of carboxylic acid groups (broad SMARTS) is 1. The zero-order valence-electron chi connectivity index (χ0n) is 20.2. The lowest BCUT2D eigenvalue weighted by Crippen LogP contribution is -2.51. The fourth-order valence-corrected chi connectivity index (χ4v) is 4.96. The Kier molecular flexibility index (Phi) is 8.15. The maximum Gasteiger partial charge on any atom is 0.352 e. The second-order valence-electron chi connectivity index (χ2n) is 9.33. The second kappa shape index (κ2) is 11.0. The van der Waals surface area contributed by atoms with E-state index >= 15 is 0 Å². The van der Waals surface area contributed by atoms with Gasteiger partial charge in [-0.2, -0.15) is 0 Å². The van der Waals surface area contributed by atoms with Gasteiger partial charge in [-0.15, -0.1) is 0 Å². The molecule has 8 unspecified atom stereocenters. The number of carbonyl (C=O) groups is 2. The molecule has 38 heavy (non-hydrogen) atoms. The van der Waals surface area contributed by atoms with Gasteiger partial charge in [0.05, 0.1) is 5.92 Å². The molecule has 0 aromatic carbocycles. The quantitative estimate of drug-likeness (QED) is 0.173. The van der Waals surface area contributed by atoms with Gasteiger partial charge < -0.3 is 50.4 Å². The number of ether oxygens (including phenoxy) is 3. The Hall–Kier alpha value is -2.96. The molecule has 0 aliphatic carbocycles. The number of carboxylic acids is 1. The summed E-state index contributed by atoms with van der Waals surface area (Å²) in [5.41, 5.74) is 3.65. The van der Waals surface area contributed by atoms with Gasteiger partial charge in [0, 0.05) is 25.9 Å². The van der Waals surface area contributed by atoms with E-state index in [0.717, 1.165) is 21.7 Å². The molecule has 1 aromatic heterocycles. The number of aromatic nitrogens is 2. The van der Waals surface area contributed by atoms with Crippen molar-refractivity contribution in [2.75, 3.05) is 13.6 Å². The van der Waals surface area contributed by atoms with Crippen LogP contribution in [0.1, 0.15) is 19.1 Å². The first-order valence-corrected chi connectivity index (χ1v) is 11.9. The first kappa shape index (κ1) is 28.1. The smallest absolute Gasteiger partial charge is 0.352 e. The van der Waals surface area contributed by atoms with Crippen molar-refractivity contribution in [3.8, 4) is 0 Å². The number of carbonyl (C=O) groups excluding carboxylic acids is 1. The molecule has 4 heterocycles. The monoisotopic (exact) mass is 542 g/mol. The van der Waals surface area contributed by atoms with Crippen LogP contribution in [-0.4, -0.2) is 114 Å². The molecule has 0 saturated carbocycles. The fraction of sp³-hybridized carbons (Fsp3) is 0.636. The van der Waals surface area contributed by atoms with E-state index in [-0.39, 0.29) is 25.1 Å². The predicted octanol–water partition coefficient (Wildman–Crippen LogP) is -4.22. The zero-order valence-corrected chi connectivity index (χ0v) is 20.2. The van der Waals surface area contributed by atoms with E-state index < -0.39 is 84.3 Å². The van der Waals surface area contributed by atoms with Gasteiger partial charge in [-0.25, -0.2) is 9.59 Å². The molecular weight excluding hydrogens is 512 g/mol. The molecule has 2 saturated heterocycles. The highest BCUT2D eigenvalue weighted by atomic mass is 16.7. The van der Waals surface area contributed by atoms with Gasteiger partial charge in [0.1, 0.15) is 48.4 Å². The molecule has 2 fully saturated rings. The van der Waals surface area contributed by atoms with Gasteiger partial charge in [-0.1, -0.05) is 6.08 Å². The summed E-state index contributed by atoms with van der Waals surface area (Å²) in [4.78, 5) is 51.7. The first-order chi connectivity index (χ1) is 18.0. The minimum absolute atomic E-state index is 0.0161. The van der Waals surface area contributed by atoms with E-state index in [1.54, 1.807) is 0 Å². The maximum absolute atomic E-state index is 13.4. The average Bonchev–Trinajstić information content (AvgIpc) is 3.25. The Balaban J connectivity index is 1.69. The number of aromatic amines is 1. The molecule has 10 atom stereocenters. The van der Waals surface area contributed by atoms with Crippen molar-refractivity contribution >= 4 is 11.9 Å². The molecule has 210 valence electrons. The van der Waals surface area contributed by atoms with Crippen LogP contribution in [0.3, 0.4) is 0 Å².